The molecule has 1 aromatic heterocycles. The summed E-state index contributed by atoms with van der Waals surface area (Å²) >= 11 is 0. The van der Waals surface area contributed by atoms with Gasteiger partial charge in [-0.05, 0) is 72.2 Å². The monoisotopic (exact) mass is 432 g/mol. The number of anilines is 2. The highest BCUT2D eigenvalue weighted by Crippen LogP contribution is 2.44. The van der Waals surface area contributed by atoms with Crippen molar-refractivity contribution in [1.82, 2.24) is 20.2 Å². The van der Waals surface area contributed by atoms with Crippen LogP contribution in [0.2, 0.25) is 0 Å². The van der Waals surface area contributed by atoms with Crippen LogP contribution in [0.3, 0.4) is 0 Å². The zero-order chi connectivity index (χ0) is 22.2. The van der Waals surface area contributed by atoms with Gasteiger partial charge in [0.25, 0.3) is 11.9 Å². The van der Waals surface area contributed by atoms with Crippen LogP contribution in [-0.4, -0.2) is 39.2 Å². The molecule has 8 heteroatoms. The fraction of sp³-hybridized carbons (Fsp3) is 0.333. The molecule has 0 radical (unpaired) electrons. The number of carbonyl (C=O) groups is 1. The van der Waals surface area contributed by atoms with Gasteiger partial charge in [-0.25, -0.2) is 4.39 Å². The molecule has 0 unspecified atom stereocenters. The fourth-order valence-corrected chi connectivity index (χ4v) is 4.38. The molecule has 1 N–H and O–H groups in total. The van der Waals surface area contributed by atoms with E-state index in [-0.39, 0.29) is 5.56 Å². The lowest BCUT2D eigenvalue weighted by molar-refractivity contribution is 0.102. The van der Waals surface area contributed by atoms with Crippen LogP contribution in [0.15, 0.2) is 48.0 Å². The molecular formula is C24H25FN6O. The summed E-state index contributed by atoms with van der Waals surface area (Å²) in [4.78, 5) is 16.2. The quantitative estimate of drug-likeness (QED) is 0.660. The Hall–Kier alpha value is -3.55. The number of nitrogens with one attached hydrogen (secondary N) is 1. The molecule has 164 valence electrons. The van der Waals surface area contributed by atoms with E-state index in [0.717, 1.165) is 25.1 Å². The summed E-state index contributed by atoms with van der Waals surface area (Å²) in [5.41, 5.74) is 5.27. The molecule has 0 atom stereocenters. The highest BCUT2D eigenvalue weighted by Gasteiger charge is 2.32. The summed E-state index contributed by atoms with van der Waals surface area (Å²) in [5.74, 6) is 0.358. The molecular weight excluding hydrogens is 407 g/mol. The van der Waals surface area contributed by atoms with Crippen LogP contribution < -0.4 is 10.2 Å². The van der Waals surface area contributed by atoms with Gasteiger partial charge in [0.2, 0.25) is 0 Å². The van der Waals surface area contributed by atoms with Crippen LogP contribution in [0, 0.1) is 18.7 Å². The zero-order valence-corrected chi connectivity index (χ0v) is 18.2. The first-order chi connectivity index (χ1) is 15.5. The second kappa shape index (κ2) is 8.18. The topological polar surface area (TPSA) is 75.9 Å². The first kappa shape index (κ1) is 20.4. The van der Waals surface area contributed by atoms with E-state index in [1.165, 1.54) is 34.9 Å². The van der Waals surface area contributed by atoms with Gasteiger partial charge in [0, 0.05) is 18.8 Å². The van der Waals surface area contributed by atoms with Crippen molar-refractivity contribution in [2.75, 3.05) is 23.3 Å². The highest BCUT2D eigenvalue weighted by atomic mass is 19.1. The summed E-state index contributed by atoms with van der Waals surface area (Å²) in [6.07, 6.45) is 3.49. The van der Waals surface area contributed by atoms with Crippen molar-refractivity contribution >= 4 is 23.1 Å². The molecule has 1 amide bonds. The van der Waals surface area contributed by atoms with E-state index in [1.54, 1.807) is 26.1 Å². The molecule has 3 aromatic rings. The first-order valence-electron chi connectivity index (χ1n) is 10.9. The number of rotatable bonds is 5. The zero-order valence-electron chi connectivity index (χ0n) is 18.2. The predicted octanol–water partition coefficient (Wildman–Crippen LogP) is 3.98. The van der Waals surface area contributed by atoms with Gasteiger partial charge in [0.05, 0.1) is 12.6 Å². The number of halogens is 1. The van der Waals surface area contributed by atoms with E-state index < -0.39 is 11.7 Å². The number of aryl methyl sites for hydroxylation is 2. The minimum absolute atomic E-state index is 0.0784. The van der Waals surface area contributed by atoms with Gasteiger partial charge < -0.3 is 10.2 Å². The Labute approximate surface area is 185 Å². The number of hydrogen-bond acceptors (Lipinski definition) is 5. The van der Waals surface area contributed by atoms with Crippen LogP contribution in [0.4, 0.5) is 16.0 Å². The van der Waals surface area contributed by atoms with Gasteiger partial charge in [-0.15, -0.1) is 5.10 Å². The Kier molecular flexibility index (Phi) is 5.20. The van der Waals surface area contributed by atoms with E-state index in [1.807, 2.05) is 24.3 Å². The summed E-state index contributed by atoms with van der Waals surface area (Å²) in [7, 11) is 1.77. The third kappa shape index (κ3) is 4.00. The lowest BCUT2D eigenvalue weighted by atomic mass is 9.91. The van der Waals surface area contributed by atoms with Gasteiger partial charge in [0.1, 0.15) is 5.82 Å². The summed E-state index contributed by atoms with van der Waals surface area (Å²) in [6.45, 7) is 3.35. The lowest BCUT2D eigenvalue weighted by Gasteiger charge is -2.30. The molecule has 2 heterocycles. The largest absolute Gasteiger partial charge is 0.334 e. The van der Waals surface area contributed by atoms with Crippen molar-refractivity contribution in [1.29, 1.82) is 0 Å². The number of carbonyl (C=O) groups excluding carboxylic acids is 1. The Bertz CT molecular complexity index is 1180. The third-order valence-electron chi connectivity index (χ3n) is 6.18. The van der Waals surface area contributed by atoms with Gasteiger partial charge in [-0.3, -0.25) is 4.79 Å². The second-order valence-corrected chi connectivity index (χ2v) is 8.49. The maximum absolute atomic E-state index is 14.1. The average Bonchev–Trinajstić information content (AvgIpc) is 3.54. The van der Waals surface area contributed by atoms with Crippen LogP contribution in [0.25, 0.3) is 5.57 Å². The maximum atomic E-state index is 14.1. The Morgan fingerprint density at radius 3 is 2.59 bits per heavy atom. The molecule has 32 heavy (non-hydrogen) atoms. The SMILES string of the molecule is Cc1cccc(F)c1C(=O)Nc1ccc(C2=C(C3CC3)CCN(c3nnn(C)n3)C2)cc1. The Morgan fingerprint density at radius 1 is 1.16 bits per heavy atom. The summed E-state index contributed by atoms with van der Waals surface area (Å²) < 4.78 is 14.1. The van der Waals surface area contributed by atoms with Crippen molar-refractivity contribution in [3.05, 3.63) is 70.5 Å². The van der Waals surface area contributed by atoms with Gasteiger partial charge in [-0.1, -0.05) is 34.9 Å². The molecule has 5 rings (SSSR count). The van der Waals surface area contributed by atoms with Crippen LogP contribution in [0.1, 0.15) is 40.7 Å². The van der Waals surface area contributed by atoms with Gasteiger partial charge in [-0.2, -0.15) is 4.80 Å². The van der Waals surface area contributed by atoms with Crippen molar-refractivity contribution in [3.63, 3.8) is 0 Å². The number of nitrogens with zero attached hydrogens (tertiary/aromatic N) is 5. The van der Waals surface area contributed by atoms with Crippen LogP contribution in [0.5, 0.6) is 0 Å². The molecule has 2 aliphatic rings. The number of hydrogen-bond donors (Lipinski definition) is 1. The van der Waals surface area contributed by atoms with E-state index in [0.29, 0.717) is 23.1 Å². The number of benzene rings is 2. The second-order valence-electron chi connectivity index (χ2n) is 8.49. The fourth-order valence-electron chi connectivity index (χ4n) is 4.38. The van der Waals surface area contributed by atoms with Crippen molar-refractivity contribution in [2.45, 2.75) is 26.2 Å². The average molecular weight is 433 g/mol. The smallest absolute Gasteiger partial charge is 0.266 e. The Balaban J connectivity index is 1.37. The number of amides is 1. The molecule has 7 nitrogen and oxygen atoms in total. The molecule has 0 spiro atoms. The van der Waals surface area contributed by atoms with Crippen LogP contribution in [-0.2, 0) is 7.05 Å². The third-order valence-corrected chi connectivity index (χ3v) is 6.18. The molecule has 0 saturated heterocycles. The standard InChI is InChI=1S/C24H25FN6O/c1-15-4-3-5-21(25)22(15)23(32)26-18-10-8-17(9-11-18)20-14-31(24-27-29-30(2)28-24)13-12-19(20)16-6-7-16/h3-5,8-11,16H,6-7,12-14H2,1-2H3,(H,26,32). The Morgan fingerprint density at radius 2 is 1.94 bits per heavy atom. The summed E-state index contributed by atoms with van der Waals surface area (Å²) in [5, 5.41) is 15.3. The molecule has 0 bridgehead atoms. The number of tetrazole rings is 1. The lowest BCUT2D eigenvalue weighted by Crippen LogP contribution is -2.32. The maximum Gasteiger partial charge on any atom is 0.266 e. The first-order valence-corrected chi connectivity index (χ1v) is 10.9. The van der Waals surface area contributed by atoms with Gasteiger partial charge in [0.15, 0.2) is 0 Å². The van der Waals surface area contributed by atoms with Crippen molar-refractivity contribution < 1.29 is 9.18 Å². The van der Waals surface area contributed by atoms with E-state index in [2.05, 4.69) is 25.6 Å². The minimum atomic E-state index is -0.515. The van der Waals surface area contributed by atoms with Crippen molar-refractivity contribution in [2.24, 2.45) is 13.0 Å². The molecule has 1 aliphatic heterocycles. The van der Waals surface area contributed by atoms with E-state index in [4.69, 9.17) is 0 Å². The normalized spacial score (nSPS) is 16.4. The van der Waals surface area contributed by atoms with Gasteiger partial charge >= 0.3 is 0 Å². The predicted molar refractivity (Wildman–Crippen MR) is 121 cm³/mol. The van der Waals surface area contributed by atoms with Crippen LogP contribution >= 0.6 is 0 Å². The highest BCUT2D eigenvalue weighted by molar-refractivity contribution is 6.05. The molecule has 1 aliphatic carbocycles. The van der Waals surface area contributed by atoms with Crippen molar-refractivity contribution in [3.8, 4) is 0 Å². The minimum Gasteiger partial charge on any atom is -0.334 e. The molecule has 1 fully saturated rings. The van der Waals surface area contributed by atoms with E-state index >= 15 is 0 Å². The number of aromatic nitrogens is 4. The van der Waals surface area contributed by atoms with E-state index in [9.17, 15) is 9.18 Å². The molecule has 1 saturated carbocycles. The molecule has 2 aromatic carbocycles. The summed E-state index contributed by atoms with van der Waals surface area (Å²) in [6, 6.07) is 12.4.